The van der Waals surface area contributed by atoms with E-state index in [0.29, 0.717) is 22.4 Å². The van der Waals surface area contributed by atoms with Crippen LogP contribution in [0.15, 0.2) is 35.3 Å². The van der Waals surface area contributed by atoms with Gasteiger partial charge in [0.1, 0.15) is 11.5 Å². The summed E-state index contributed by atoms with van der Waals surface area (Å²) in [6.07, 6.45) is 2.81. The summed E-state index contributed by atoms with van der Waals surface area (Å²) in [6, 6.07) is 6.30. The number of H-pyrrole nitrogens is 1. The van der Waals surface area contributed by atoms with E-state index >= 15 is 0 Å². The molecule has 4 aromatic rings. The van der Waals surface area contributed by atoms with Crippen molar-refractivity contribution >= 4 is 22.6 Å². The minimum atomic E-state index is -2.36. The second kappa shape index (κ2) is 8.95. The molecule has 1 atom stereocenters. The molecule has 0 fully saturated rings. The van der Waals surface area contributed by atoms with Gasteiger partial charge < -0.3 is 14.6 Å². The highest BCUT2D eigenvalue weighted by atomic mass is 19.2. The van der Waals surface area contributed by atoms with Gasteiger partial charge in [0.05, 0.1) is 28.8 Å². The molecular weight excluding hydrogens is 499 g/mol. The smallest absolute Gasteiger partial charge is 0.362 e. The monoisotopic (exact) mass is 516 g/mol. The third kappa shape index (κ3) is 4.07. The predicted molar refractivity (Wildman–Crippen MR) is 122 cm³/mol. The van der Waals surface area contributed by atoms with Crippen LogP contribution in [0.25, 0.3) is 10.9 Å². The Bertz CT molecular complexity index is 1610. The number of pyridine rings is 1. The highest BCUT2D eigenvalue weighted by Crippen LogP contribution is 2.38. The number of halogens is 5. The van der Waals surface area contributed by atoms with Gasteiger partial charge in [0.15, 0.2) is 0 Å². The van der Waals surface area contributed by atoms with Crippen LogP contribution in [0.5, 0.6) is 5.75 Å². The van der Waals surface area contributed by atoms with Crippen molar-refractivity contribution in [2.24, 2.45) is 0 Å². The van der Waals surface area contributed by atoms with Crippen LogP contribution < -0.4 is 15.2 Å². The lowest BCUT2D eigenvalue weighted by atomic mass is 10.0. The maximum absolute atomic E-state index is 13.8. The van der Waals surface area contributed by atoms with Gasteiger partial charge in [0.2, 0.25) is 34.8 Å². The van der Waals surface area contributed by atoms with Gasteiger partial charge >= 0.3 is 5.97 Å². The third-order valence-electron chi connectivity index (χ3n) is 6.33. The number of nitrogens with one attached hydrogen (secondary N) is 1. The number of carbonyl (C=O) groups excluding carboxylic acids is 1. The number of aromatic nitrogens is 3. The first kappa shape index (κ1) is 24.3. The molecule has 0 bridgehead atoms. The average molecular weight is 516 g/mol. The molecule has 5 rings (SSSR count). The van der Waals surface area contributed by atoms with E-state index in [2.05, 4.69) is 19.7 Å². The number of nitrogens with zero attached hydrogens (tertiary/aromatic N) is 3. The Kier molecular flexibility index (Phi) is 5.89. The van der Waals surface area contributed by atoms with Crippen molar-refractivity contribution in [1.82, 2.24) is 15.0 Å². The largest absolute Gasteiger partial charge is 0.415 e. The van der Waals surface area contributed by atoms with Crippen molar-refractivity contribution in [2.45, 2.75) is 25.8 Å². The lowest BCUT2D eigenvalue weighted by Crippen LogP contribution is -2.23. The van der Waals surface area contributed by atoms with Crippen LogP contribution in [0.4, 0.5) is 27.6 Å². The zero-order valence-corrected chi connectivity index (χ0v) is 19.3. The topological polar surface area (TPSA) is 88.2 Å². The lowest BCUT2D eigenvalue weighted by molar-refractivity contribution is 0.0710. The summed E-state index contributed by atoms with van der Waals surface area (Å²) >= 11 is 0. The predicted octanol–water partition coefficient (Wildman–Crippen LogP) is 4.66. The fraction of sp³-hybridized carbons (Fsp3) is 0.200. The average Bonchev–Trinajstić information content (AvgIpc) is 3.30. The summed E-state index contributed by atoms with van der Waals surface area (Å²) in [4.78, 5) is 37.6. The Morgan fingerprint density at radius 3 is 2.38 bits per heavy atom. The van der Waals surface area contributed by atoms with E-state index in [-0.39, 0.29) is 11.6 Å². The molecule has 12 heteroatoms. The van der Waals surface area contributed by atoms with Gasteiger partial charge in [-0.2, -0.15) is 8.78 Å². The summed E-state index contributed by atoms with van der Waals surface area (Å²) < 4.78 is 72.1. The fourth-order valence-electron chi connectivity index (χ4n) is 4.45. The van der Waals surface area contributed by atoms with Gasteiger partial charge in [0, 0.05) is 7.05 Å². The number of anilines is 1. The number of esters is 1. The molecule has 190 valence electrons. The molecule has 0 amide bonds. The van der Waals surface area contributed by atoms with Crippen molar-refractivity contribution in [3.63, 3.8) is 0 Å². The molecule has 0 spiro atoms. The van der Waals surface area contributed by atoms with Crippen LogP contribution >= 0.6 is 0 Å². The molecule has 1 unspecified atom stereocenters. The minimum Gasteiger partial charge on any atom is -0.415 e. The molecule has 2 aromatic carbocycles. The van der Waals surface area contributed by atoms with Crippen LogP contribution in [0.1, 0.15) is 39.9 Å². The Balaban J connectivity index is 1.39. The van der Waals surface area contributed by atoms with E-state index in [1.165, 1.54) is 18.3 Å². The van der Waals surface area contributed by atoms with Crippen LogP contribution in [0, 0.1) is 36.0 Å². The molecule has 1 aliphatic carbocycles. The molecule has 1 N–H and O–H groups in total. The van der Waals surface area contributed by atoms with Crippen LogP contribution in [-0.4, -0.2) is 28.0 Å². The first-order valence-electron chi connectivity index (χ1n) is 11.0. The summed E-state index contributed by atoms with van der Waals surface area (Å²) in [6.45, 7) is 1.71. The molecule has 0 saturated carbocycles. The molecule has 1 aliphatic rings. The highest BCUT2D eigenvalue weighted by Gasteiger charge is 2.30. The molecule has 2 aromatic heterocycles. The van der Waals surface area contributed by atoms with E-state index in [0.717, 1.165) is 24.0 Å². The number of carbonyl (C=O) groups is 1. The number of hydrogen-bond donors (Lipinski definition) is 1. The van der Waals surface area contributed by atoms with Gasteiger partial charge in [0.25, 0.3) is 5.56 Å². The highest BCUT2D eigenvalue weighted by molar-refractivity contribution is 5.89. The molecule has 7 nitrogen and oxygen atoms in total. The fourth-order valence-corrected chi connectivity index (χ4v) is 4.45. The van der Waals surface area contributed by atoms with Gasteiger partial charge in [-0.1, -0.05) is 0 Å². The first-order valence-corrected chi connectivity index (χ1v) is 11.0. The first-order chi connectivity index (χ1) is 17.6. The lowest BCUT2D eigenvalue weighted by Gasteiger charge is -2.27. The Hall–Kier alpha value is -4.35. The number of hydrogen-bond acceptors (Lipinski definition) is 6. The summed E-state index contributed by atoms with van der Waals surface area (Å²) in [5.74, 6) is -14.0. The molecule has 2 heterocycles. The van der Waals surface area contributed by atoms with E-state index in [9.17, 15) is 31.5 Å². The van der Waals surface area contributed by atoms with Crippen molar-refractivity contribution in [1.29, 1.82) is 0 Å². The second-order valence-corrected chi connectivity index (χ2v) is 8.58. The third-order valence-corrected chi connectivity index (χ3v) is 6.33. The van der Waals surface area contributed by atoms with Crippen LogP contribution in [0.2, 0.25) is 0 Å². The number of aromatic amines is 1. The van der Waals surface area contributed by atoms with Crippen molar-refractivity contribution in [3.05, 3.63) is 92.5 Å². The minimum absolute atomic E-state index is 0.118. The molecule has 0 radical (unpaired) electrons. The Morgan fingerprint density at radius 1 is 1.05 bits per heavy atom. The zero-order valence-electron chi connectivity index (χ0n) is 19.3. The Labute approximate surface area is 205 Å². The van der Waals surface area contributed by atoms with Crippen LogP contribution in [0.3, 0.4) is 0 Å². The SMILES string of the molecule is Cc1nc2cc3c(cc2c(=O)[nH]1)C(N(C)c1ccc(C(=O)Oc2c(F)c(F)c(F)c(F)c2F)nc1)CC3. The van der Waals surface area contributed by atoms with Crippen molar-refractivity contribution in [2.75, 3.05) is 11.9 Å². The maximum atomic E-state index is 13.8. The van der Waals surface area contributed by atoms with E-state index < -0.39 is 46.5 Å². The number of benzene rings is 2. The maximum Gasteiger partial charge on any atom is 0.362 e. The number of fused-ring (bicyclic) bond motifs is 2. The molecular formula is C25H17F5N4O3. The molecule has 37 heavy (non-hydrogen) atoms. The zero-order chi connectivity index (χ0) is 26.6. The number of ether oxygens (including phenoxy) is 1. The standard InChI is InChI=1S/C25H17F5N4O3/c1-10-32-16-7-11-3-6-17(13(11)8-14(16)24(35)33-10)34(2)12-4-5-15(31-9-12)25(36)37-23-21(29)19(27)18(26)20(28)22(23)30/h4-5,7-9,17H,3,6H2,1-2H3,(H,32,33,35). The molecule has 0 aliphatic heterocycles. The quantitative estimate of drug-likeness (QED) is 0.140. The van der Waals surface area contributed by atoms with Crippen molar-refractivity contribution in [3.8, 4) is 5.75 Å². The van der Waals surface area contributed by atoms with Gasteiger partial charge in [-0.05, 0) is 55.2 Å². The molecule has 0 saturated heterocycles. The Morgan fingerprint density at radius 2 is 1.73 bits per heavy atom. The second-order valence-electron chi connectivity index (χ2n) is 8.58. The summed E-state index contributed by atoms with van der Waals surface area (Å²) in [5.41, 5.74) is 2.53. The number of aryl methyl sites for hydroxylation is 2. The van der Waals surface area contributed by atoms with E-state index in [1.54, 1.807) is 14.0 Å². The van der Waals surface area contributed by atoms with Crippen molar-refractivity contribution < 1.29 is 31.5 Å². The summed E-state index contributed by atoms with van der Waals surface area (Å²) in [5, 5.41) is 0.467. The van der Waals surface area contributed by atoms with Gasteiger partial charge in [-0.25, -0.2) is 27.9 Å². The van der Waals surface area contributed by atoms with Gasteiger partial charge in [-0.15, -0.1) is 0 Å². The van der Waals surface area contributed by atoms with E-state index in [1.807, 2.05) is 17.0 Å². The summed E-state index contributed by atoms with van der Waals surface area (Å²) in [7, 11) is 1.80. The van der Waals surface area contributed by atoms with Gasteiger partial charge in [-0.3, -0.25) is 4.79 Å². The van der Waals surface area contributed by atoms with Crippen LogP contribution in [-0.2, 0) is 6.42 Å². The van der Waals surface area contributed by atoms with E-state index in [4.69, 9.17) is 0 Å². The normalized spacial score (nSPS) is 14.6. The number of rotatable bonds is 4.